The van der Waals surface area contributed by atoms with Gasteiger partial charge in [0, 0.05) is 24.2 Å². The fourth-order valence-electron chi connectivity index (χ4n) is 9.85. The maximum atomic E-state index is 15.1. The fraction of sp³-hybridized carbons (Fsp3) is 0.516. The van der Waals surface area contributed by atoms with Gasteiger partial charge in [-0.05, 0) is 110 Å². The molecule has 0 radical (unpaired) electrons. The SMILES string of the molecule is CCCCCCCCCCCCCCOc1cc(C(=O)n2c(=O)ccn([C@@H]3O[C@H](COC(c4ccccc4)(c4ccc(OC)cc4)c4ccc(OC)cc4)[C@H](OC(=O)CCC(C)=O)C3O[Si](C)(C)C(C)(C)C)c2=O)cc(C)c1C. The zero-order valence-electron chi connectivity index (χ0n) is 48.7. The van der Waals surface area contributed by atoms with Crippen LogP contribution in [0.3, 0.4) is 0 Å². The van der Waals surface area contributed by atoms with E-state index in [1.54, 1.807) is 26.4 Å². The van der Waals surface area contributed by atoms with Gasteiger partial charge in [0.25, 0.3) is 11.5 Å². The molecule has 2 heterocycles. The Labute approximate surface area is 469 Å². The Morgan fingerprint density at radius 1 is 0.684 bits per heavy atom. The highest BCUT2D eigenvalue weighted by molar-refractivity contribution is 6.74. The first kappa shape index (κ1) is 62.1. The maximum Gasteiger partial charge on any atom is 0.340 e. The van der Waals surface area contributed by atoms with Gasteiger partial charge in [-0.3, -0.25) is 19.0 Å². The second kappa shape index (κ2) is 28.8. The molecule has 1 aliphatic rings. The number of benzene rings is 4. The first-order valence-corrected chi connectivity index (χ1v) is 31.3. The number of esters is 1. The minimum atomic E-state index is -2.86. The Morgan fingerprint density at radius 2 is 1.23 bits per heavy atom. The largest absolute Gasteiger partial charge is 0.497 e. The van der Waals surface area contributed by atoms with Crippen LogP contribution in [0.15, 0.2) is 113 Å². The maximum absolute atomic E-state index is 15.1. The lowest BCUT2D eigenvalue weighted by Gasteiger charge is -2.40. The topological polar surface area (TPSA) is 160 Å². The predicted octanol–water partition coefficient (Wildman–Crippen LogP) is 13.0. The number of aryl methyl sites for hydroxylation is 1. The van der Waals surface area contributed by atoms with Crippen LogP contribution < -0.4 is 25.5 Å². The third kappa shape index (κ3) is 15.8. The predicted molar refractivity (Wildman–Crippen MR) is 311 cm³/mol. The number of ether oxygens (including phenoxy) is 6. The van der Waals surface area contributed by atoms with Crippen LogP contribution in [0, 0.1) is 13.8 Å². The molecule has 5 aromatic rings. The number of unbranched alkanes of at least 4 members (excludes halogenated alkanes) is 11. The third-order valence-corrected chi connectivity index (χ3v) is 20.2. The minimum Gasteiger partial charge on any atom is -0.497 e. The first-order valence-electron chi connectivity index (χ1n) is 28.4. The van der Waals surface area contributed by atoms with E-state index in [0.717, 1.165) is 57.7 Å². The molecule has 1 aromatic heterocycles. The molecular weight excluding hydrogens is 1020 g/mol. The van der Waals surface area contributed by atoms with Crippen molar-refractivity contribution < 1.29 is 47.2 Å². The number of methoxy groups -OCH3 is 2. The summed E-state index contributed by atoms with van der Waals surface area (Å²) in [5.41, 5.74) is 0.769. The van der Waals surface area contributed by atoms with Crippen molar-refractivity contribution >= 4 is 26.0 Å². The number of rotatable bonds is 30. The van der Waals surface area contributed by atoms with Gasteiger partial charge in [-0.25, -0.2) is 4.79 Å². The monoisotopic (exact) mass is 1100 g/mol. The Morgan fingerprint density at radius 3 is 1.76 bits per heavy atom. The number of Topliss-reactive ketones (excluding diaryl/α,β-unsaturated/α-hetero) is 1. The standard InChI is InChI=1S/C64H86N2O12Si/c1-12-13-14-15-16-17-18-19-20-21-22-26-41-74-54-43-48(42-45(2)47(54)4)60(70)66-56(68)39-40-65(62(66)71)61-59(78-79(10,11)63(5,6)7)58(77-57(69)38-29-46(3)67)55(76-61)44-75-64(49-27-24-23-25-28-49,50-30-34-52(72-8)35-31-50)51-32-36-53(73-9)37-33-51/h23-25,27-28,30-37,39-40,42-43,55,58-59,61H,12-22,26,29,38,41,44H2,1-11H3/t55-,58+,59?,61-/m1/s1. The molecule has 6 rings (SSSR count). The summed E-state index contributed by atoms with van der Waals surface area (Å²) in [4.78, 5) is 69.9. The normalized spacial score (nSPS) is 16.6. The van der Waals surface area contributed by atoms with Crippen molar-refractivity contribution in [3.8, 4) is 17.2 Å². The van der Waals surface area contributed by atoms with Gasteiger partial charge >= 0.3 is 11.7 Å². The molecule has 15 heteroatoms. The smallest absolute Gasteiger partial charge is 0.340 e. The van der Waals surface area contributed by atoms with E-state index in [9.17, 15) is 19.2 Å². The highest BCUT2D eigenvalue weighted by Crippen LogP contribution is 2.46. The Hall–Kier alpha value is -6.13. The number of carbonyl (C=O) groups is 3. The Balaban J connectivity index is 1.37. The van der Waals surface area contributed by atoms with Gasteiger partial charge in [0.1, 0.15) is 40.8 Å². The van der Waals surface area contributed by atoms with E-state index in [0.29, 0.717) is 28.4 Å². The van der Waals surface area contributed by atoms with Crippen molar-refractivity contribution in [1.29, 1.82) is 0 Å². The van der Waals surface area contributed by atoms with Crippen molar-refractivity contribution in [2.75, 3.05) is 27.4 Å². The summed E-state index contributed by atoms with van der Waals surface area (Å²) < 4.78 is 47.1. The molecule has 0 bridgehead atoms. The highest BCUT2D eigenvalue weighted by atomic mass is 28.4. The second-order valence-corrected chi connectivity index (χ2v) is 27.3. The molecule has 79 heavy (non-hydrogen) atoms. The lowest BCUT2D eigenvalue weighted by atomic mass is 9.80. The molecule has 14 nitrogen and oxygen atoms in total. The van der Waals surface area contributed by atoms with Crippen LogP contribution >= 0.6 is 0 Å². The summed E-state index contributed by atoms with van der Waals surface area (Å²) >= 11 is 0. The number of carbonyl (C=O) groups excluding carboxylic acids is 3. The van der Waals surface area contributed by atoms with Crippen molar-refractivity contribution in [1.82, 2.24) is 9.13 Å². The summed E-state index contributed by atoms with van der Waals surface area (Å²) in [6, 6.07) is 29.1. The van der Waals surface area contributed by atoms with E-state index in [4.69, 9.17) is 32.8 Å². The second-order valence-electron chi connectivity index (χ2n) is 22.5. The van der Waals surface area contributed by atoms with E-state index in [-0.39, 0.29) is 30.8 Å². The van der Waals surface area contributed by atoms with E-state index >= 15 is 4.79 Å². The molecule has 428 valence electrons. The van der Waals surface area contributed by atoms with E-state index in [1.165, 1.54) is 70.9 Å². The molecular formula is C64H86N2O12Si. The molecule has 0 spiro atoms. The van der Waals surface area contributed by atoms with Gasteiger partial charge in [0.15, 0.2) is 20.6 Å². The van der Waals surface area contributed by atoms with Crippen LogP contribution in [0.2, 0.25) is 18.1 Å². The molecule has 1 saturated heterocycles. The zero-order valence-corrected chi connectivity index (χ0v) is 49.7. The third-order valence-electron chi connectivity index (χ3n) is 15.7. The lowest BCUT2D eigenvalue weighted by molar-refractivity contribution is -0.159. The molecule has 4 aromatic carbocycles. The lowest BCUT2D eigenvalue weighted by Crippen LogP contribution is -2.52. The molecule has 1 aliphatic heterocycles. The average Bonchev–Trinajstić information content (AvgIpc) is 3.97. The van der Waals surface area contributed by atoms with Crippen LogP contribution in [0.1, 0.15) is 169 Å². The highest BCUT2D eigenvalue weighted by Gasteiger charge is 2.54. The molecule has 0 amide bonds. The van der Waals surface area contributed by atoms with Crippen LogP contribution in [-0.4, -0.2) is 80.9 Å². The van der Waals surface area contributed by atoms with Crippen molar-refractivity contribution in [2.24, 2.45) is 0 Å². The van der Waals surface area contributed by atoms with Gasteiger partial charge in [-0.15, -0.1) is 0 Å². The first-order chi connectivity index (χ1) is 37.8. The molecule has 0 aliphatic carbocycles. The summed E-state index contributed by atoms with van der Waals surface area (Å²) in [7, 11) is 0.329. The summed E-state index contributed by atoms with van der Waals surface area (Å²) in [6.45, 7) is 17.9. The quantitative estimate of drug-likeness (QED) is 0.0186. The fourth-order valence-corrected chi connectivity index (χ4v) is 11.1. The number of hydrogen-bond acceptors (Lipinski definition) is 12. The average molecular weight is 1100 g/mol. The van der Waals surface area contributed by atoms with Gasteiger partial charge in [-0.2, -0.15) is 4.57 Å². The summed E-state index contributed by atoms with van der Waals surface area (Å²) in [5.74, 6) is 0.0434. The van der Waals surface area contributed by atoms with E-state index in [2.05, 4.69) is 27.7 Å². The van der Waals surface area contributed by atoms with Crippen LogP contribution in [-0.2, 0) is 33.8 Å². The summed E-state index contributed by atoms with van der Waals surface area (Å²) in [6.07, 6.45) is 10.7. The zero-order chi connectivity index (χ0) is 57.3. The van der Waals surface area contributed by atoms with Gasteiger partial charge in [-0.1, -0.05) is 153 Å². The number of aromatic nitrogens is 2. The van der Waals surface area contributed by atoms with Crippen LogP contribution in [0.4, 0.5) is 0 Å². The van der Waals surface area contributed by atoms with Crippen LogP contribution in [0.5, 0.6) is 17.2 Å². The molecule has 1 fully saturated rings. The van der Waals surface area contributed by atoms with Gasteiger partial charge in [0.2, 0.25) is 0 Å². The number of ketones is 1. The molecule has 0 N–H and O–H groups in total. The minimum absolute atomic E-state index is 0.0615. The van der Waals surface area contributed by atoms with E-state index in [1.807, 2.05) is 106 Å². The molecule has 4 atom stereocenters. The number of hydrogen-bond donors (Lipinski definition) is 0. The van der Waals surface area contributed by atoms with Gasteiger partial charge in [0.05, 0.1) is 33.9 Å². The van der Waals surface area contributed by atoms with Crippen molar-refractivity contribution in [2.45, 2.75) is 187 Å². The summed E-state index contributed by atoms with van der Waals surface area (Å²) in [5, 5.41) is -0.393. The molecule has 0 saturated carbocycles. The number of nitrogens with zero attached hydrogens (tertiary/aromatic N) is 2. The Kier molecular flexibility index (Phi) is 22.7. The van der Waals surface area contributed by atoms with Crippen LogP contribution in [0.25, 0.3) is 0 Å². The van der Waals surface area contributed by atoms with Crippen molar-refractivity contribution in [3.05, 3.63) is 157 Å². The Bertz CT molecular complexity index is 2840. The van der Waals surface area contributed by atoms with Crippen molar-refractivity contribution in [3.63, 3.8) is 0 Å². The van der Waals surface area contributed by atoms with E-state index < -0.39 is 66.6 Å². The molecule has 1 unspecified atom stereocenters. The van der Waals surface area contributed by atoms with Gasteiger partial charge < -0.3 is 37.6 Å².